The number of rotatable bonds is 4. The summed E-state index contributed by atoms with van der Waals surface area (Å²) >= 11 is 3.13. The van der Waals surface area contributed by atoms with Crippen molar-refractivity contribution >= 4 is 27.5 Å². The van der Waals surface area contributed by atoms with Crippen molar-refractivity contribution in [3.05, 3.63) is 52.0 Å². The predicted molar refractivity (Wildman–Crippen MR) is 81.5 cm³/mol. The average Bonchev–Trinajstić information content (AvgIpc) is 2.84. The standard InChI is InChI=1S/C15H16BrFN2O/c1-3-6-19-7-4-5-14(19)15(20)18-13-9-12(17)11(16)8-10(13)2/h4-5,7-9H,3,6H2,1-2H3,(H,18,20). The first kappa shape index (κ1) is 14.8. The normalized spacial score (nSPS) is 10.6. The van der Waals surface area contributed by atoms with Crippen molar-refractivity contribution in [1.82, 2.24) is 4.57 Å². The average molecular weight is 339 g/mol. The maximum absolute atomic E-state index is 13.5. The van der Waals surface area contributed by atoms with E-state index in [1.807, 2.05) is 23.8 Å². The van der Waals surface area contributed by atoms with Crippen molar-refractivity contribution in [1.29, 1.82) is 0 Å². The lowest BCUT2D eigenvalue weighted by molar-refractivity contribution is 0.101. The summed E-state index contributed by atoms with van der Waals surface area (Å²) in [4.78, 5) is 12.3. The monoisotopic (exact) mass is 338 g/mol. The summed E-state index contributed by atoms with van der Waals surface area (Å²) in [6.07, 6.45) is 2.81. The van der Waals surface area contributed by atoms with Gasteiger partial charge in [0, 0.05) is 18.4 Å². The highest BCUT2D eigenvalue weighted by molar-refractivity contribution is 9.10. The molecule has 0 aliphatic rings. The van der Waals surface area contributed by atoms with Crippen LogP contribution in [0, 0.1) is 12.7 Å². The van der Waals surface area contributed by atoms with Crippen LogP contribution >= 0.6 is 15.9 Å². The van der Waals surface area contributed by atoms with E-state index in [0.29, 0.717) is 15.9 Å². The first-order valence-electron chi connectivity index (χ1n) is 6.45. The van der Waals surface area contributed by atoms with Gasteiger partial charge in [-0.25, -0.2) is 4.39 Å². The van der Waals surface area contributed by atoms with Gasteiger partial charge in [-0.2, -0.15) is 0 Å². The van der Waals surface area contributed by atoms with E-state index in [1.54, 1.807) is 12.1 Å². The highest BCUT2D eigenvalue weighted by atomic mass is 79.9. The fourth-order valence-electron chi connectivity index (χ4n) is 2.02. The Morgan fingerprint density at radius 2 is 2.20 bits per heavy atom. The van der Waals surface area contributed by atoms with Crippen LogP contribution in [0.3, 0.4) is 0 Å². The molecule has 0 aliphatic heterocycles. The zero-order valence-electron chi connectivity index (χ0n) is 11.4. The number of carbonyl (C=O) groups excluding carboxylic acids is 1. The molecule has 1 heterocycles. The quantitative estimate of drug-likeness (QED) is 0.882. The molecule has 0 atom stereocenters. The number of nitrogens with one attached hydrogen (secondary N) is 1. The number of benzene rings is 1. The highest BCUT2D eigenvalue weighted by Gasteiger charge is 2.13. The second-order valence-electron chi connectivity index (χ2n) is 4.62. The molecule has 0 bridgehead atoms. The van der Waals surface area contributed by atoms with Gasteiger partial charge in [-0.3, -0.25) is 4.79 Å². The van der Waals surface area contributed by atoms with Crippen LogP contribution in [0.25, 0.3) is 0 Å². The number of hydrogen-bond donors (Lipinski definition) is 1. The molecule has 0 fully saturated rings. The van der Waals surface area contributed by atoms with Crippen molar-refractivity contribution in [2.45, 2.75) is 26.8 Å². The van der Waals surface area contributed by atoms with Gasteiger partial charge in [0.25, 0.3) is 5.91 Å². The molecule has 1 aromatic heterocycles. The smallest absolute Gasteiger partial charge is 0.272 e. The van der Waals surface area contributed by atoms with Crippen LogP contribution in [-0.2, 0) is 6.54 Å². The van der Waals surface area contributed by atoms with E-state index < -0.39 is 5.82 Å². The van der Waals surface area contributed by atoms with Gasteiger partial charge in [0.2, 0.25) is 0 Å². The van der Waals surface area contributed by atoms with E-state index in [4.69, 9.17) is 0 Å². The lowest BCUT2D eigenvalue weighted by Gasteiger charge is -2.11. The highest BCUT2D eigenvalue weighted by Crippen LogP contribution is 2.24. The summed E-state index contributed by atoms with van der Waals surface area (Å²) in [6, 6.07) is 6.57. The summed E-state index contributed by atoms with van der Waals surface area (Å²) < 4.78 is 15.8. The summed E-state index contributed by atoms with van der Waals surface area (Å²) in [6.45, 7) is 4.66. The van der Waals surface area contributed by atoms with Crippen molar-refractivity contribution in [2.75, 3.05) is 5.32 Å². The van der Waals surface area contributed by atoms with E-state index in [2.05, 4.69) is 28.2 Å². The molecule has 106 valence electrons. The minimum absolute atomic E-state index is 0.228. The van der Waals surface area contributed by atoms with Gasteiger partial charge in [-0.1, -0.05) is 6.92 Å². The van der Waals surface area contributed by atoms with Gasteiger partial charge >= 0.3 is 0 Å². The largest absolute Gasteiger partial charge is 0.344 e. The number of nitrogens with zero attached hydrogens (tertiary/aromatic N) is 1. The fraction of sp³-hybridized carbons (Fsp3) is 0.267. The Bertz CT molecular complexity index is 637. The Morgan fingerprint density at radius 3 is 2.90 bits per heavy atom. The molecule has 1 aromatic carbocycles. The molecular weight excluding hydrogens is 323 g/mol. The second kappa shape index (κ2) is 6.22. The van der Waals surface area contributed by atoms with Crippen molar-refractivity contribution in [3.8, 4) is 0 Å². The van der Waals surface area contributed by atoms with Gasteiger partial charge in [0.1, 0.15) is 11.5 Å². The van der Waals surface area contributed by atoms with E-state index >= 15 is 0 Å². The maximum atomic E-state index is 13.5. The van der Waals surface area contributed by atoms with Crippen molar-refractivity contribution in [3.63, 3.8) is 0 Å². The molecule has 0 unspecified atom stereocenters. The third-order valence-electron chi connectivity index (χ3n) is 3.04. The Labute approximate surface area is 125 Å². The van der Waals surface area contributed by atoms with Gasteiger partial charge in [0.05, 0.1) is 4.47 Å². The van der Waals surface area contributed by atoms with Crippen LogP contribution in [0.4, 0.5) is 10.1 Å². The third-order valence-corrected chi connectivity index (χ3v) is 3.65. The van der Waals surface area contributed by atoms with Crippen LogP contribution in [-0.4, -0.2) is 10.5 Å². The van der Waals surface area contributed by atoms with Crippen LogP contribution in [0.15, 0.2) is 34.9 Å². The Balaban J connectivity index is 2.23. The van der Waals surface area contributed by atoms with E-state index in [-0.39, 0.29) is 5.91 Å². The summed E-state index contributed by atoms with van der Waals surface area (Å²) in [7, 11) is 0. The van der Waals surface area contributed by atoms with Gasteiger partial charge in [-0.05, 0) is 59.1 Å². The van der Waals surface area contributed by atoms with Crippen LogP contribution in [0.5, 0.6) is 0 Å². The summed E-state index contributed by atoms with van der Waals surface area (Å²) in [5.74, 6) is -0.622. The number of carbonyl (C=O) groups is 1. The zero-order valence-corrected chi connectivity index (χ0v) is 13.0. The molecule has 0 spiro atoms. The summed E-state index contributed by atoms with van der Waals surface area (Å²) in [5, 5.41) is 2.76. The number of amides is 1. The molecule has 0 radical (unpaired) electrons. The van der Waals surface area contributed by atoms with Crippen LogP contribution in [0.1, 0.15) is 29.4 Å². The minimum Gasteiger partial charge on any atom is -0.344 e. The topological polar surface area (TPSA) is 34.0 Å². The molecule has 0 saturated heterocycles. The fourth-order valence-corrected chi connectivity index (χ4v) is 2.48. The molecule has 3 nitrogen and oxygen atoms in total. The Hall–Kier alpha value is -1.62. The lowest BCUT2D eigenvalue weighted by atomic mass is 10.2. The number of anilines is 1. The number of aromatic nitrogens is 1. The first-order chi connectivity index (χ1) is 9.52. The molecule has 0 aliphatic carbocycles. The SMILES string of the molecule is CCCn1cccc1C(=O)Nc1cc(F)c(Br)cc1C. The summed E-state index contributed by atoms with van der Waals surface area (Å²) in [5.41, 5.74) is 1.87. The molecule has 2 aromatic rings. The molecule has 0 saturated carbocycles. The van der Waals surface area contributed by atoms with Crippen molar-refractivity contribution in [2.24, 2.45) is 0 Å². The first-order valence-corrected chi connectivity index (χ1v) is 7.24. The number of halogens is 2. The van der Waals surface area contributed by atoms with Gasteiger partial charge < -0.3 is 9.88 Å². The number of hydrogen-bond acceptors (Lipinski definition) is 1. The van der Waals surface area contributed by atoms with Crippen LogP contribution in [0.2, 0.25) is 0 Å². The molecule has 1 N–H and O–H groups in total. The van der Waals surface area contributed by atoms with Gasteiger partial charge in [-0.15, -0.1) is 0 Å². The minimum atomic E-state index is -0.394. The van der Waals surface area contributed by atoms with E-state index in [0.717, 1.165) is 18.5 Å². The lowest BCUT2D eigenvalue weighted by Crippen LogP contribution is -2.17. The Morgan fingerprint density at radius 1 is 1.45 bits per heavy atom. The molecular formula is C15H16BrFN2O. The van der Waals surface area contributed by atoms with E-state index in [9.17, 15) is 9.18 Å². The molecule has 2 rings (SSSR count). The second-order valence-corrected chi connectivity index (χ2v) is 5.48. The Kier molecular flexibility index (Phi) is 4.60. The van der Waals surface area contributed by atoms with Crippen molar-refractivity contribution < 1.29 is 9.18 Å². The van der Waals surface area contributed by atoms with E-state index in [1.165, 1.54) is 6.07 Å². The molecule has 20 heavy (non-hydrogen) atoms. The van der Waals surface area contributed by atoms with Gasteiger partial charge in [0.15, 0.2) is 0 Å². The number of aryl methyl sites for hydroxylation is 2. The molecule has 5 heteroatoms. The predicted octanol–water partition coefficient (Wildman–Crippen LogP) is 4.36. The maximum Gasteiger partial charge on any atom is 0.272 e. The van der Waals surface area contributed by atoms with Crippen LogP contribution < -0.4 is 5.32 Å². The third kappa shape index (κ3) is 3.10. The zero-order chi connectivity index (χ0) is 14.7. The molecule has 1 amide bonds.